The van der Waals surface area contributed by atoms with Crippen molar-refractivity contribution in [2.75, 3.05) is 37.8 Å². The number of aromatic nitrogens is 2. The van der Waals surface area contributed by atoms with Crippen LogP contribution in [0.5, 0.6) is 0 Å². The van der Waals surface area contributed by atoms with Crippen LogP contribution >= 0.6 is 11.6 Å². The van der Waals surface area contributed by atoms with Crippen molar-refractivity contribution in [3.05, 3.63) is 29.4 Å². The number of anilines is 1. The van der Waals surface area contributed by atoms with Gasteiger partial charge in [-0.2, -0.15) is 0 Å². The Labute approximate surface area is 147 Å². The van der Waals surface area contributed by atoms with E-state index in [4.69, 9.17) is 11.6 Å². The number of piperidine rings is 1. The maximum absolute atomic E-state index is 11.5. The van der Waals surface area contributed by atoms with Gasteiger partial charge >= 0.3 is 0 Å². The second kappa shape index (κ2) is 6.82. The highest BCUT2D eigenvalue weighted by molar-refractivity contribution is 7.88. The van der Waals surface area contributed by atoms with Crippen LogP contribution in [0.4, 0.5) is 5.82 Å². The van der Waals surface area contributed by atoms with Gasteiger partial charge in [0.25, 0.3) is 0 Å². The predicted molar refractivity (Wildman–Crippen MR) is 97.0 cm³/mol. The lowest BCUT2D eigenvalue weighted by molar-refractivity contribution is 0.328. The second-order valence-corrected chi connectivity index (χ2v) is 8.86. The number of halogens is 1. The lowest BCUT2D eigenvalue weighted by atomic mass is 9.97. The minimum atomic E-state index is -3.11. The molecule has 24 heavy (non-hydrogen) atoms. The molecule has 0 bridgehead atoms. The van der Waals surface area contributed by atoms with Gasteiger partial charge in [0.15, 0.2) is 0 Å². The molecule has 1 saturated heterocycles. The van der Waals surface area contributed by atoms with Gasteiger partial charge in [-0.3, -0.25) is 4.98 Å². The lowest BCUT2D eigenvalue weighted by Crippen LogP contribution is -2.39. The maximum Gasteiger partial charge on any atom is 0.210 e. The molecule has 1 aromatic carbocycles. The Kier molecular flexibility index (Phi) is 4.94. The molecule has 8 heteroatoms. The van der Waals surface area contributed by atoms with Crippen molar-refractivity contribution in [3.63, 3.8) is 0 Å². The van der Waals surface area contributed by atoms with Crippen molar-refractivity contribution < 1.29 is 8.42 Å². The van der Waals surface area contributed by atoms with Gasteiger partial charge < -0.3 is 4.90 Å². The minimum Gasteiger partial charge on any atom is -0.355 e. The third kappa shape index (κ3) is 3.96. The SMILES string of the molecule is CN(CC1CCN(c2cnc3cc(Cl)ccc3n2)CC1)S(C)(=O)=O. The van der Waals surface area contributed by atoms with Gasteiger partial charge in [-0.1, -0.05) is 11.6 Å². The molecule has 0 spiro atoms. The first-order valence-corrected chi connectivity index (χ1v) is 10.1. The summed E-state index contributed by atoms with van der Waals surface area (Å²) in [6.07, 6.45) is 4.92. The molecule has 0 unspecified atom stereocenters. The van der Waals surface area contributed by atoms with E-state index in [1.165, 1.54) is 10.6 Å². The van der Waals surface area contributed by atoms with Crippen LogP contribution in [0, 0.1) is 5.92 Å². The highest BCUT2D eigenvalue weighted by Gasteiger charge is 2.24. The third-order valence-corrected chi connectivity index (χ3v) is 6.03. The van der Waals surface area contributed by atoms with Crippen molar-refractivity contribution in [2.24, 2.45) is 5.92 Å². The molecule has 1 fully saturated rings. The third-order valence-electron chi connectivity index (χ3n) is 4.51. The fourth-order valence-electron chi connectivity index (χ4n) is 2.97. The normalized spacial score (nSPS) is 16.9. The van der Waals surface area contributed by atoms with Crippen LogP contribution in [0.3, 0.4) is 0 Å². The zero-order chi connectivity index (χ0) is 17.3. The quantitative estimate of drug-likeness (QED) is 0.829. The first-order valence-electron chi connectivity index (χ1n) is 7.91. The zero-order valence-corrected chi connectivity index (χ0v) is 15.4. The van der Waals surface area contributed by atoms with Crippen molar-refractivity contribution in [2.45, 2.75) is 12.8 Å². The summed E-state index contributed by atoms with van der Waals surface area (Å²) >= 11 is 5.97. The average molecular weight is 369 g/mol. The first kappa shape index (κ1) is 17.4. The Bertz CT molecular complexity index is 835. The van der Waals surface area contributed by atoms with E-state index in [-0.39, 0.29) is 0 Å². The maximum atomic E-state index is 11.5. The Balaban J connectivity index is 1.65. The molecule has 130 valence electrons. The zero-order valence-electron chi connectivity index (χ0n) is 13.8. The minimum absolute atomic E-state index is 0.383. The van der Waals surface area contributed by atoms with Crippen LogP contribution in [-0.2, 0) is 10.0 Å². The fraction of sp³-hybridized carbons (Fsp3) is 0.500. The van der Waals surface area contributed by atoms with Crippen LogP contribution in [0.25, 0.3) is 11.0 Å². The molecule has 2 aromatic rings. The van der Waals surface area contributed by atoms with E-state index < -0.39 is 10.0 Å². The van der Waals surface area contributed by atoms with E-state index in [1.807, 2.05) is 12.1 Å². The number of hydrogen-bond acceptors (Lipinski definition) is 5. The molecule has 0 aliphatic carbocycles. The molecule has 3 rings (SSSR count). The smallest absolute Gasteiger partial charge is 0.210 e. The molecule has 0 amide bonds. The van der Waals surface area contributed by atoms with E-state index in [1.54, 1.807) is 19.3 Å². The van der Waals surface area contributed by atoms with Gasteiger partial charge in [0, 0.05) is 31.7 Å². The van der Waals surface area contributed by atoms with Crippen LogP contribution in [0.1, 0.15) is 12.8 Å². The fourth-order valence-corrected chi connectivity index (χ4v) is 3.62. The van der Waals surface area contributed by atoms with E-state index >= 15 is 0 Å². The monoisotopic (exact) mass is 368 g/mol. The lowest BCUT2D eigenvalue weighted by Gasteiger charge is -2.34. The van der Waals surface area contributed by atoms with E-state index in [9.17, 15) is 8.42 Å². The molecular weight excluding hydrogens is 348 g/mol. The van der Waals surface area contributed by atoms with Crippen molar-refractivity contribution in [1.29, 1.82) is 0 Å². The van der Waals surface area contributed by atoms with Gasteiger partial charge in [-0.15, -0.1) is 0 Å². The molecule has 2 heterocycles. The summed E-state index contributed by atoms with van der Waals surface area (Å²) < 4.78 is 24.5. The van der Waals surface area contributed by atoms with Crippen LogP contribution in [-0.4, -0.2) is 55.6 Å². The topological polar surface area (TPSA) is 66.4 Å². The summed E-state index contributed by atoms with van der Waals surface area (Å²) in [4.78, 5) is 11.3. The summed E-state index contributed by atoms with van der Waals surface area (Å²) in [7, 11) is -1.47. The molecular formula is C16H21ClN4O2S. The first-order chi connectivity index (χ1) is 11.3. The summed E-state index contributed by atoms with van der Waals surface area (Å²) in [5.74, 6) is 1.24. The molecule has 1 aliphatic heterocycles. The van der Waals surface area contributed by atoms with Gasteiger partial charge in [-0.05, 0) is 37.0 Å². The molecule has 0 atom stereocenters. The Morgan fingerprint density at radius 2 is 2.00 bits per heavy atom. The highest BCUT2D eigenvalue weighted by Crippen LogP contribution is 2.24. The second-order valence-electron chi connectivity index (χ2n) is 6.34. The number of rotatable bonds is 4. The Morgan fingerprint density at radius 3 is 2.67 bits per heavy atom. The van der Waals surface area contributed by atoms with Crippen molar-refractivity contribution >= 4 is 38.5 Å². The largest absolute Gasteiger partial charge is 0.355 e. The highest BCUT2D eigenvalue weighted by atomic mass is 35.5. The summed E-state index contributed by atoms with van der Waals surface area (Å²) in [5.41, 5.74) is 1.62. The predicted octanol–water partition coefficient (Wildman–Crippen LogP) is 2.39. The molecule has 1 aromatic heterocycles. The van der Waals surface area contributed by atoms with Gasteiger partial charge in [-0.25, -0.2) is 17.7 Å². The Hall–Kier alpha value is -1.44. The summed E-state index contributed by atoms with van der Waals surface area (Å²) in [6, 6.07) is 5.50. The molecule has 1 aliphatic rings. The van der Waals surface area contributed by atoms with E-state index in [0.717, 1.165) is 42.8 Å². The van der Waals surface area contributed by atoms with Crippen molar-refractivity contribution in [1.82, 2.24) is 14.3 Å². The van der Waals surface area contributed by atoms with Gasteiger partial charge in [0.1, 0.15) is 5.82 Å². The Morgan fingerprint density at radius 1 is 1.29 bits per heavy atom. The van der Waals surface area contributed by atoms with Crippen LogP contribution < -0.4 is 4.90 Å². The summed E-state index contributed by atoms with van der Waals surface area (Å²) in [5, 5.41) is 0.653. The standard InChI is InChI=1S/C16H21ClN4O2S/c1-20(24(2,22)23)11-12-5-7-21(8-6-12)16-10-18-15-9-13(17)3-4-14(15)19-16/h3-4,9-10,12H,5-8,11H2,1-2H3. The molecule has 0 N–H and O–H groups in total. The van der Waals surface area contributed by atoms with Gasteiger partial charge in [0.2, 0.25) is 10.0 Å². The molecule has 0 saturated carbocycles. The number of benzene rings is 1. The number of nitrogens with zero attached hydrogens (tertiary/aromatic N) is 4. The van der Waals surface area contributed by atoms with E-state index in [0.29, 0.717) is 17.5 Å². The number of sulfonamides is 1. The summed E-state index contributed by atoms with van der Waals surface area (Å²) in [6.45, 7) is 2.29. The van der Waals surface area contributed by atoms with Gasteiger partial charge in [0.05, 0.1) is 23.5 Å². The molecule has 0 radical (unpaired) electrons. The van der Waals surface area contributed by atoms with Crippen molar-refractivity contribution in [3.8, 4) is 0 Å². The number of hydrogen-bond donors (Lipinski definition) is 0. The van der Waals surface area contributed by atoms with Crippen LogP contribution in [0.15, 0.2) is 24.4 Å². The van der Waals surface area contributed by atoms with Crippen LogP contribution in [0.2, 0.25) is 5.02 Å². The molecule has 6 nitrogen and oxygen atoms in total. The average Bonchev–Trinajstić information content (AvgIpc) is 2.54. The number of fused-ring (bicyclic) bond motifs is 1. The van der Waals surface area contributed by atoms with E-state index in [2.05, 4.69) is 14.9 Å².